The molecule has 0 fully saturated rings. The van der Waals surface area contributed by atoms with Crippen LogP contribution in [0.3, 0.4) is 0 Å². The number of methoxy groups -OCH3 is 1. The van der Waals surface area contributed by atoms with Crippen LogP contribution < -0.4 is 14.8 Å². The molecular formula is C31H38N2O4. The number of rotatable bonds is 12. The van der Waals surface area contributed by atoms with Crippen molar-refractivity contribution in [2.24, 2.45) is 5.92 Å². The van der Waals surface area contributed by atoms with Gasteiger partial charge in [0, 0.05) is 19.5 Å². The molecule has 6 nitrogen and oxygen atoms in total. The molecule has 0 heterocycles. The standard InChI is InChI=1S/C31H38N2O4/c1-22(2)19-32-31(35)29(18-25-10-7-6-8-11-25)33(20-26-12-9-13-27(17-26)36-5)30(34)21-37-28-15-23(3)14-24(4)16-28/h6-17,22,29H,18-21H2,1-5H3,(H,32,35)/t29-/m1/s1. The molecule has 0 saturated heterocycles. The second-order valence-corrected chi connectivity index (χ2v) is 9.83. The first-order chi connectivity index (χ1) is 17.7. The molecule has 3 rings (SSSR count). The molecule has 0 aliphatic rings. The van der Waals surface area contributed by atoms with Crippen molar-refractivity contribution in [2.75, 3.05) is 20.3 Å². The highest BCUT2D eigenvalue weighted by Gasteiger charge is 2.31. The maximum Gasteiger partial charge on any atom is 0.261 e. The number of aryl methyl sites for hydroxylation is 2. The molecule has 0 aliphatic carbocycles. The number of carbonyl (C=O) groups excluding carboxylic acids is 2. The van der Waals surface area contributed by atoms with Gasteiger partial charge in [-0.05, 0) is 66.3 Å². The fraction of sp³-hybridized carbons (Fsp3) is 0.355. The van der Waals surface area contributed by atoms with Gasteiger partial charge in [0.1, 0.15) is 17.5 Å². The largest absolute Gasteiger partial charge is 0.497 e. The molecule has 2 amide bonds. The molecule has 6 heteroatoms. The van der Waals surface area contributed by atoms with Crippen LogP contribution in [0, 0.1) is 19.8 Å². The highest BCUT2D eigenvalue weighted by molar-refractivity contribution is 5.88. The van der Waals surface area contributed by atoms with Crippen LogP contribution >= 0.6 is 0 Å². The second-order valence-electron chi connectivity index (χ2n) is 9.83. The summed E-state index contributed by atoms with van der Waals surface area (Å²) in [6, 6.07) is 22.5. The maximum atomic E-state index is 13.7. The summed E-state index contributed by atoms with van der Waals surface area (Å²) in [7, 11) is 1.61. The Morgan fingerprint density at radius 2 is 1.54 bits per heavy atom. The number of hydrogen-bond acceptors (Lipinski definition) is 4. The van der Waals surface area contributed by atoms with Gasteiger partial charge in [0.2, 0.25) is 5.91 Å². The fourth-order valence-corrected chi connectivity index (χ4v) is 4.19. The van der Waals surface area contributed by atoms with E-state index in [1.165, 1.54) is 0 Å². The molecule has 0 aliphatic heterocycles. The first-order valence-corrected chi connectivity index (χ1v) is 12.7. The van der Waals surface area contributed by atoms with Gasteiger partial charge in [-0.15, -0.1) is 0 Å². The van der Waals surface area contributed by atoms with Gasteiger partial charge in [-0.3, -0.25) is 9.59 Å². The summed E-state index contributed by atoms with van der Waals surface area (Å²) in [6.07, 6.45) is 0.393. The number of benzene rings is 3. The van der Waals surface area contributed by atoms with Crippen LogP contribution in [0.1, 0.15) is 36.1 Å². The van der Waals surface area contributed by atoms with Crippen molar-refractivity contribution in [1.82, 2.24) is 10.2 Å². The van der Waals surface area contributed by atoms with Gasteiger partial charge in [0.15, 0.2) is 6.61 Å². The van der Waals surface area contributed by atoms with Crippen LogP contribution in [-0.4, -0.2) is 43.0 Å². The predicted octanol–water partition coefficient (Wildman–Crippen LogP) is 5.10. The Kier molecular flexibility index (Phi) is 10.1. The minimum atomic E-state index is -0.706. The van der Waals surface area contributed by atoms with Crippen LogP contribution in [0.2, 0.25) is 0 Å². The van der Waals surface area contributed by atoms with E-state index in [9.17, 15) is 9.59 Å². The van der Waals surface area contributed by atoms with Crippen molar-refractivity contribution < 1.29 is 19.1 Å². The lowest BCUT2D eigenvalue weighted by molar-refractivity contribution is -0.142. The summed E-state index contributed by atoms with van der Waals surface area (Å²) in [4.78, 5) is 28.8. The number of amides is 2. The second kappa shape index (κ2) is 13.5. The zero-order valence-electron chi connectivity index (χ0n) is 22.5. The quantitative estimate of drug-likeness (QED) is 0.374. The minimum Gasteiger partial charge on any atom is -0.497 e. The van der Waals surface area contributed by atoms with Crippen LogP contribution in [-0.2, 0) is 22.6 Å². The third-order valence-electron chi connectivity index (χ3n) is 6.00. The third-order valence-corrected chi connectivity index (χ3v) is 6.00. The van der Waals surface area contributed by atoms with Crippen LogP contribution in [0.5, 0.6) is 11.5 Å². The van der Waals surface area contributed by atoms with Crippen molar-refractivity contribution in [1.29, 1.82) is 0 Å². The van der Waals surface area contributed by atoms with Crippen molar-refractivity contribution in [3.63, 3.8) is 0 Å². The van der Waals surface area contributed by atoms with E-state index in [0.29, 0.717) is 24.5 Å². The molecule has 37 heavy (non-hydrogen) atoms. The normalized spacial score (nSPS) is 11.6. The van der Waals surface area contributed by atoms with Crippen molar-refractivity contribution in [3.05, 3.63) is 95.1 Å². The Morgan fingerprint density at radius 1 is 0.865 bits per heavy atom. The molecule has 0 unspecified atom stereocenters. The van der Waals surface area contributed by atoms with Crippen LogP contribution in [0.4, 0.5) is 0 Å². The maximum absolute atomic E-state index is 13.7. The van der Waals surface area contributed by atoms with Gasteiger partial charge < -0.3 is 19.7 Å². The lowest BCUT2D eigenvalue weighted by atomic mass is 10.0. The molecule has 1 atom stereocenters. The van der Waals surface area contributed by atoms with Crippen molar-refractivity contribution in [3.8, 4) is 11.5 Å². The van der Waals surface area contributed by atoms with Crippen LogP contribution in [0.15, 0.2) is 72.8 Å². The SMILES string of the molecule is COc1cccc(CN(C(=O)COc2cc(C)cc(C)c2)[C@H](Cc2ccccc2)C(=O)NCC(C)C)c1. The average Bonchev–Trinajstić information content (AvgIpc) is 2.88. The average molecular weight is 503 g/mol. The number of nitrogens with zero attached hydrogens (tertiary/aromatic N) is 1. The van der Waals surface area contributed by atoms with E-state index in [1.54, 1.807) is 12.0 Å². The summed E-state index contributed by atoms with van der Waals surface area (Å²) < 4.78 is 11.3. The molecule has 0 aromatic heterocycles. The number of carbonyl (C=O) groups is 2. The van der Waals surface area contributed by atoms with Gasteiger partial charge in [0.05, 0.1) is 7.11 Å². The van der Waals surface area contributed by atoms with E-state index in [-0.39, 0.29) is 30.9 Å². The van der Waals surface area contributed by atoms with E-state index >= 15 is 0 Å². The molecule has 196 valence electrons. The van der Waals surface area contributed by atoms with E-state index in [2.05, 4.69) is 11.4 Å². The summed E-state index contributed by atoms with van der Waals surface area (Å²) in [5.74, 6) is 1.18. The molecular weight excluding hydrogens is 464 g/mol. The topological polar surface area (TPSA) is 67.9 Å². The molecule has 3 aromatic rings. The lowest BCUT2D eigenvalue weighted by Crippen LogP contribution is -2.52. The zero-order valence-corrected chi connectivity index (χ0v) is 22.5. The molecule has 0 spiro atoms. The first-order valence-electron chi connectivity index (χ1n) is 12.7. The smallest absolute Gasteiger partial charge is 0.261 e. The van der Waals surface area contributed by atoms with Gasteiger partial charge in [-0.1, -0.05) is 62.4 Å². The van der Waals surface area contributed by atoms with E-state index in [4.69, 9.17) is 9.47 Å². The van der Waals surface area contributed by atoms with Gasteiger partial charge >= 0.3 is 0 Å². The molecule has 3 aromatic carbocycles. The molecule has 0 saturated carbocycles. The number of ether oxygens (including phenoxy) is 2. The van der Waals surface area contributed by atoms with E-state index < -0.39 is 6.04 Å². The predicted molar refractivity (Wildman–Crippen MR) is 147 cm³/mol. The van der Waals surface area contributed by atoms with Crippen molar-refractivity contribution >= 4 is 11.8 Å². The Balaban J connectivity index is 1.92. The first kappa shape index (κ1) is 27.8. The fourth-order valence-electron chi connectivity index (χ4n) is 4.19. The monoisotopic (exact) mass is 502 g/mol. The lowest BCUT2D eigenvalue weighted by Gasteiger charge is -2.32. The highest BCUT2D eigenvalue weighted by Crippen LogP contribution is 2.20. The highest BCUT2D eigenvalue weighted by atomic mass is 16.5. The number of hydrogen-bond donors (Lipinski definition) is 1. The summed E-state index contributed by atoms with van der Waals surface area (Å²) in [5, 5.41) is 3.04. The third kappa shape index (κ3) is 8.67. The summed E-state index contributed by atoms with van der Waals surface area (Å²) in [5.41, 5.74) is 3.97. The Bertz CT molecular complexity index is 1160. The molecule has 1 N–H and O–H groups in total. The Labute approximate surface area is 220 Å². The van der Waals surface area contributed by atoms with E-state index in [1.807, 2.05) is 94.4 Å². The van der Waals surface area contributed by atoms with Gasteiger partial charge in [0.25, 0.3) is 5.91 Å². The minimum absolute atomic E-state index is 0.171. The summed E-state index contributed by atoms with van der Waals surface area (Å²) >= 11 is 0. The van der Waals surface area contributed by atoms with Crippen LogP contribution in [0.25, 0.3) is 0 Å². The van der Waals surface area contributed by atoms with E-state index in [0.717, 1.165) is 22.3 Å². The number of nitrogens with one attached hydrogen (secondary N) is 1. The zero-order chi connectivity index (χ0) is 26.8. The van der Waals surface area contributed by atoms with Gasteiger partial charge in [-0.25, -0.2) is 0 Å². The summed E-state index contributed by atoms with van der Waals surface area (Å²) in [6.45, 7) is 8.68. The Hall–Kier alpha value is -3.80. The Morgan fingerprint density at radius 3 is 2.19 bits per heavy atom. The molecule has 0 bridgehead atoms. The van der Waals surface area contributed by atoms with Gasteiger partial charge in [-0.2, -0.15) is 0 Å². The van der Waals surface area contributed by atoms with Crippen molar-refractivity contribution in [2.45, 2.75) is 46.7 Å². The molecule has 0 radical (unpaired) electrons.